The van der Waals surface area contributed by atoms with Gasteiger partial charge in [-0.1, -0.05) is 30.3 Å². The zero-order chi connectivity index (χ0) is 17.2. The maximum atomic E-state index is 12.4. The summed E-state index contributed by atoms with van der Waals surface area (Å²) in [5, 5.41) is 2.81. The molecule has 1 fully saturated rings. The van der Waals surface area contributed by atoms with E-state index in [4.69, 9.17) is 4.74 Å². The fourth-order valence-electron chi connectivity index (χ4n) is 2.87. The van der Waals surface area contributed by atoms with Crippen LogP contribution < -0.4 is 10.1 Å². The molecule has 1 saturated heterocycles. The van der Waals surface area contributed by atoms with Gasteiger partial charge in [0.15, 0.2) is 9.84 Å². The van der Waals surface area contributed by atoms with Crippen LogP contribution in [0.1, 0.15) is 16.8 Å². The SMILES string of the molecule is COc1ccc(C(=O)NC2CCS(=O)(=O)C2)cc1-c1ccccc1. The molecule has 0 aromatic heterocycles. The molecule has 0 radical (unpaired) electrons. The van der Waals surface area contributed by atoms with E-state index in [1.807, 2.05) is 30.3 Å². The number of nitrogens with one attached hydrogen (secondary N) is 1. The number of hydrogen-bond donors (Lipinski definition) is 1. The Hall–Kier alpha value is -2.34. The molecule has 24 heavy (non-hydrogen) atoms. The maximum absolute atomic E-state index is 12.4. The van der Waals surface area contributed by atoms with Crippen molar-refractivity contribution in [3.05, 3.63) is 54.1 Å². The average Bonchev–Trinajstić information content (AvgIpc) is 2.93. The van der Waals surface area contributed by atoms with Crippen molar-refractivity contribution >= 4 is 15.7 Å². The molecule has 2 aromatic carbocycles. The second-order valence-electron chi connectivity index (χ2n) is 5.85. The van der Waals surface area contributed by atoms with E-state index in [0.717, 1.165) is 11.1 Å². The topological polar surface area (TPSA) is 72.5 Å². The molecular formula is C18H19NO4S. The largest absolute Gasteiger partial charge is 0.496 e. The van der Waals surface area contributed by atoms with E-state index >= 15 is 0 Å². The van der Waals surface area contributed by atoms with Crippen molar-refractivity contribution in [3.8, 4) is 16.9 Å². The van der Waals surface area contributed by atoms with Crippen LogP contribution in [0.4, 0.5) is 0 Å². The van der Waals surface area contributed by atoms with Crippen LogP contribution in [0.25, 0.3) is 11.1 Å². The number of methoxy groups -OCH3 is 1. The lowest BCUT2D eigenvalue weighted by Gasteiger charge is -2.13. The molecule has 0 bridgehead atoms. The Morgan fingerprint density at radius 2 is 1.92 bits per heavy atom. The molecule has 0 aliphatic carbocycles. The van der Waals surface area contributed by atoms with Gasteiger partial charge >= 0.3 is 0 Å². The van der Waals surface area contributed by atoms with E-state index in [9.17, 15) is 13.2 Å². The van der Waals surface area contributed by atoms with E-state index in [2.05, 4.69) is 5.32 Å². The van der Waals surface area contributed by atoms with Crippen LogP contribution in [-0.4, -0.2) is 39.0 Å². The number of amides is 1. The average molecular weight is 345 g/mol. The summed E-state index contributed by atoms with van der Waals surface area (Å²) in [5.74, 6) is 0.564. The zero-order valence-electron chi connectivity index (χ0n) is 13.4. The number of ether oxygens (including phenoxy) is 1. The molecule has 1 atom stereocenters. The standard InChI is InChI=1S/C18H19NO4S/c1-23-17-8-7-14(11-16(17)13-5-3-2-4-6-13)18(20)19-15-9-10-24(21,22)12-15/h2-8,11,15H,9-10,12H2,1H3,(H,19,20). The molecule has 0 saturated carbocycles. The Labute approximate surface area is 141 Å². The third-order valence-corrected chi connectivity index (χ3v) is 5.88. The predicted molar refractivity (Wildman–Crippen MR) is 93.0 cm³/mol. The molecule has 6 heteroatoms. The van der Waals surface area contributed by atoms with E-state index in [1.165, 1.54) is 0 Å². The molecule has 0 spiro atoms. The summed E-state index contributed by atoms with van der Waals surface area (Å²) in [7, 11) is -1.43. The van der Waals surface area contributed by atoms with Gasteiger partial charge < -0.3 is 10.1 Å². The summed E-state index contributed by atoms with van der Waals surface area (Å²) < 4.78 is 28.4. The molecule has 1 heterocycles. The second kappa shape index (κ2) is 6.65. The van der Waals surface area contributed by atoms with Crippen LogP contribution in [0, 0.1) is 0 Å². The molecule has 1 aliphatic heterocycles. The van der Waals surface area contributed by atoms with Gasteiger partial charge in [-0.15, -0.1) is 0 Å². The zero-order valence-corrected chi connectivity index (χ0v) is 14.2. The Balaban J connectivity index is 1.85. The van der Waals surface area contributed by atoms with Crippen molar-refractivity contribution in [2.45, 2.75) is 12.5 Å². The van der Waals surface area contributed by atoms with Gasteiger partial charge in [-0.2, -0.15) is 0 Å². The van der Waals surface area contributed by atoms with Crippen LogP contribution in [-0.2, 0) is 9.84 Å². The third-order valence-electron chi connectivity index (χ3n) is 4.11. The van der Waals surface area contributed by atoms with E-state index in [-0.39, 0.29) is 23.5 Å². The number of carbonyl (C=O) groups is 1. The first-order valence-corrected chi connectivity index (χ1v) is 9.55. The van der Waals surface area contributed by atoms with Crippen molar-refractivity contribution in [1.82, 2.24) is 5.32 Å². The predicted octanol–water partition coefficient (Wildman–Crippen LogP) is 2.28. The van der Waals surface area contributed by atoms with Gasteiger partial charge in [0.05, 0.1) is 18.6 Å². The molecule has 1 amide bonds. The first-order chi connectivity index (χ1) is 11.5. The summed E-state index contributed by atoms with van der Waals surface area (Å²) in [6.45, 7) is 0. The summed E-state index contributed by atoms with van der Waals surface area (Å²) in [4.78, 5) is 12.4. The Bertz CT molecular complexity index is 847. The van der Waals surface area contributed by atoms with Crippen LogP contribution in [0.2, 0.25) is 0 Å². The minimum absolute atomic E-state index is 0.0143. The van der Waals surface area contributed by atoms with Gasteiger partial charge in [-0.3, -0.25) is 4.79 Å². The highest BCUT2D eigenvalue weighted by molar-refractivity contribution is 7.91. The lowest BCUT2D eigenvalue weighted by atomic mass is 10.0. The molecule has 1 N–H and O–H groups in total. The van der Waals surface area contributed by atoms with E-state index in [1.54, 1.807) is 25.3 Å². The number of hydrogen-bond acceptors (Lipinski definition) is 4. The quantitative estimate of drug-likeness (QED) is 0.923. The Kier molecular flexibility index (Phi) is 4.57. The first-order valence-electron chi connectivity index (χ1n) is 7.73. The lowest BCUT2D eigenvalue weighted by Crippen LogP contribution is -2.35. The highest BCUT2D eigenvalue weighted by Gasteiger charge is 2.29. The summed E-state index contributed by atoms with van der Waals surface area (Å²) in [5.41, 5.74) is 2.26. The Morgan fingerprint density at radius 3 is 2.54 bits per heavy atom. The smallest absolute Gasteiger partial charge is 0.251 e. The highest BCUT2D eigenvalue weighted by Crippen LogP contribution is 2.30. The first kappa shape index (κ1) is 16.5. The minimum Gasteiger partial charge on any atom is -0.496 e. The number of sulfone groups is 1. The van der Waals surface area contributed by atoms with Gasteiger partial charge in [0.25, 0.3) is 5.91 Å². The normalized spacial score (nSPS) is 19.0. The van der Waals surface area contributed by atoms with Crippen molar-refractivity contribution in [3.63, 3.8) is 0 Å². The van der Waals surface area contributed by atoms with Crippen LogP contribution in [0.15, 0.2) is 48.5 Å². The van der Waals surface area contributed by atoms with E-state index < -0.39 is 9.84 Å². The fourth-order valence-corrected chi connectivity index (χ4v) is 4.54. The molecule has 5 nitrogen and oxygen atoms in total. The second-order valence-corrected chi connectivity index (χ2v) is 8.08. The molecule has 1 unspecified atom stereocenters. The molecule has 126 valence electrons. The Morgan fingerprint density at radius 1 is 1.17 bits per heavy atom. The monoisotopic (exact) mass is 345 g/mol. The highest BCUT2D eigenvalue weighted by atomic mass is 32.2. The lowest BCUT2D eigenvalue weighted by molar-refractivity contribution is 0.0941. The van der Waals surface area contributed by atoms with Crippen LogP contribution >= 0.6 is 0 Å². The summed E-state index contributed by atoms with van der Waals surface area (Å²) >= 11 is 0. The molecular weight excluding hydrogens is 326 g/mol. The summed E-state index contributed by atoms with van der Waals surface area (Å²) in [6.07, 6.45) is 0.468. The summed E-state index contributed by atoms with van der Waals surface area (Å²) in [6, 6.07) is 14.6. The fraction of sp³-hybridized carbons (Fsp3) is 0.278. The number of rotatable bonds is 4. The van der Waals surface area contributed by atoms with Gasteiger partial charge in [-0.05, 0) is 30.2 Å². The van der Waals surface area contributed by atoms with Crippen LogP contribution in [0.5, 0.6) is 5.75 Å². The van der Waals surface area contributed by atoms with Gasteiger partial charge in [0.1, 0.15) is 5.75 Å². The molecule has 2 aromatic rings. The van der Waals surface area contributed by atoms with E-state index in [0.29, 0.717) is 17.7 Å². The van der Waals surface area contributed by atoms with Crippen molar-refractivity contribution in [2.24, 2.45) is 0 Å². The maximum Gasteiger partial charge on any atom is 0.251 e. The van der Waals surface area contributed by atoms with Gasteiger partial charge in [-0.25, -0.2) is 8.42 Å². The third kappa shape index (κ3) is 3.59. The number of carbonyl (C=O) groups excluding carboxylic acids is 1. The van der Waals surface area contributed by atoms with Gasteiger partial charge in [0, 0.05) is 17.2 Å². The minimum atomic E-state index is -3.02. The van der Waals surface area contributed by atoms with Crippen molar-refractivity contribution in [2.75, 3.05) is 18.6 Å². The van der Waals surface area contributed by atoms with Gasteiger partial charge in [0.2, 0.25) is 0 Å². The molecule has 1 aliphatic rings. The van der Waals surface area contributed by atoms with Crippen molar-refractivity contribution < 1.29 is 17.9 Å². The number of benzene rings is 2. The van der Waals surface area contributed by atoms with Crippen LogP contribution in [0.3, 0.4) is 0 Å². The molecule has 3 rings (SSSR count). The van der Waals surface area contributed by atoms with Crippen molar-refractivity contribution in [1.29, 1.82) is 0 Å².